The summed E-state index contributed by atoms with van der Waals surface area (Å²) in [5, 5.41) is 10.0. The molecule has 0 spiro atoms. The first kappa shape index (κ1) is 22.8. The van der Waals surface area contributed by atoms with Crippen molar-refractivity contribution in [3.63, 3.8) is 0 Å². The molecule has 26 heavy (non-hydrogen) atoms. The molecule has 137 valence electrons. The molecule has 0 atom stereocenters. The fourth-order valence-electron chi connectivity index (χ4n) is 2.74. The third kappa shape index (κ3) is 5.90. The fraction of sp³-hybridized carbons (Fsp3) is 0.190. The van der Waals surface area contributed by atoms with E-state index in [1.165, 1.54) is 65.3 Å². The summed E-state index contributed by atoms with van der Waals surface area (Å²) >= 11 is 1.47. The summed E-state index contributed by atoms with van der Waals surface area (Å²) < 4.78 is 0. The Morgan fingerprint density at radius 2 is 1.35 bits per heavy atom. The van der Waals surface area contributed by atoms with Crippen molar-refractivity contribution in [2.45, 2.75) is 27.7 Å². The van der Waals surface area contributed by atoms with Gasteiger partial charge in [0, 0.05) is 12.1 Å². The van der Waals surface area contributed by atoms with Crippen LogP contribution in [0, 0.1) is 29.6 Å². The Morgan fingerprint density at radius 1 is 0.846 bits per heavy atom. The number of hydrogen-bond donors (Lipinski definition) is 0. The van der Waals surface area contributed by atoms with Crippen LogP contribution in [0.3, 0.4) is 0 Å². The SMILES string of the molecule is C[C]1[C](C)[C](C)[C](c2ccccc2)[C]1C.O=C([O-])c1ccccn1.[Cl][Ir+2]. The molecule has 1 aromatic heterocycles. The van der Waals surface area contributed by atoms with E-state index in [2.05, 4.69) is 72.6 Å². The Morgan fingerprint density at radius 3 is 1.73 bits per heavy atom. The van der Waals surface area contributed by atoms with Gasteiger partial charge in [-0.3, -0.25) is 4.98 Å². The minimum absolute atomic E-state index is 0.0301. The number of pyridine rings is 1. The molecule has 1 saturated carbocycles. The van der Waals surface area contributed by atoms with Gasteiger partial charge in [0.2, 0.25) is 0 Å². The quantitative estimate of drug-likeness (QED) is 0.569. The molecule has 5 heteroatoms. The summed E-state index contributed by atoms with van der Waals surface area (Å²) in [5.41, 5.74) is 1.31. The van der Waals surface area contributed by atoms with E-state index in [0.29, 0.717) is 0 Å². The summed E-state index contributed by atoms with van der Waals surface area (Å²) in [6, 6.07) is 15.3. The first-order chi connectivity index (χ1) is 12.4. The van der Waals surface area contributed by atoms with Crippen molar-refractivity contribution in [3.05, 3.63) is 95.6 Å². The second kappa shape index (κ2) is 11.5. The van der Waals surface area contributed by atoms with Gasteiger partial charge < -0.3 is 9.90 Å². The number of carbonyl (C=O) groups excluding carboxylic acids is 1. The number of benzene rings is 1. The average molecular weight is 547 g/mol. The van der Waals surface area contributed by atoms with Crippen LogP contribution in [0.5, 0.6) is 0 Å². The summed E-state index contributed by atoms with van der Waals surface area (Å²) in [6.45, 7) is 8.86. The molecule has 0 saturated heterocycles. The second-order valence-electron chi connectivity index (χ2n) is 5.74. The van der Waals surface area contributed by atoms with Gasteiger partial charge in [-0.25, -0.2) is 0 Å². The molecule has 0 unspecified atom stereocenters. The molecule has 2 aromatic rings. The molecule has 1 aromatic carbocycles. The van der Waals surface area contributed by atoms with Crippen LogP contribution in [0.25, 0.3) is 0 Å². The zero-order chi connectivity index (χ0) is 19.7. The number of carboxylic acid groups (broad SMARTS) is 1. The summed E-state index contributed by atoms with van der Waals surface area (Å²) in [5.74, 6) is 5.91. The van der Waals surface area contributed by atoms with Gasteiger partial charge in [0.1, 0.15) is 0 Å². The Balaban J connectivity index is 0.000000263. The van der Waals surface area contributed by atoms with Gasteiger partial charge in [0.05, 0.1) is 11.7 Å². The predicted molar refractivity (Wildman–Crippen MR) is 98.9 cm³/mol. The van der Waals surface area contributed by atoms with Crippen molar-refractivity contribution in [2.24, 2.45) is 0 Å². The number of carboxylic acids is 1. The Bertz CT molecular complexity index is 640. The first-order valence-electron chi connectivity index (χ1n) is 7.97. The molecular weight excluding hydrogens is 526 g/mol. The molecule has 1 heterocycles. The van der Waals surface area contributed by atoms with Gasteiger partial charge in [0.15, 0.2) is 0 Å². The van der Waals surface area contributed by atoms with E-state index in [4.69, 9.17) is 0 Å². The van der Waals surface area contributed by atoms with Gasteiger partial charge in [-0.2, -0.15) is 0 Å². The number of aromatic carboxylic acids is 1. The second-order valence-corrected chi connectivity index (χ2v) is 5.74. The summed E-state index contributed by atoms with van der Waals surface area (Å²) in [7, 11) is 4.64. The molecule has 3 rings (SSSR count). The molecule has 5 radical (unpaired) electrons. The number of halogens is 1. The summed E-state index contributed by atoms with van der Waals surface area (Å²) in [6.07, 6.45) is 1.41. The number of hydrogen-bond acceptors (Lipinski definition) is 3. The standard InChI is InChI=1S/C15H17.C6H5NO2.ClH.Ir/c1-10-11(2)13(4)15(12(10)3)14-8-6-5-7-9-14;8-6(9)5-3-1-2-4-7-5;;/h5-9H,1-4H3;1-4H,(H,8,9);1H;/q;;;+3/p-2. The van der Waals surface area contributed by atoms with Crippen LogP contribution in [0.4, 0.5) is 0 Å². The van der Waals surface area contributed by atoms with E-state index in [9.17, 15) is 9.90 Å². The van der Waals surface area contributed by atoms with Crippen LogP contribution in [-0.2, 0) is 17.9 Å². The third-order valence-corrected chi connectivity index (χ3v) is 4.37. The van der Waals surface area contributed by atoms with E-state index in [1.807, 2.05) is 0 Å². The molecule has 0 N–H and O–H groups in total. The van der Waals surface area contributed by atoms with Crippen LogP contribution in [0.2, 0.25) is 0 Å². The van der Waals surface area contributed by atoms with Gasteiger partial charge in [-0.1, -0.05) is 64.1 Å². The number of aromatic nitrogens is 1. The molecule has 0 amide bonds. The van der Waals surface area contributed by atoms with Crippen molar-refractivity contribution in [1.29, 1.82) is 0 Å². The van der Waals surface area contributed by atoms with Crippen LogP contribution >= 0.6 is 9.58 Å². The first-order valence-corrected chi connectivity index (χ1v) is 10.9. The monoisotopic (exact) mass is 547 g/mol. The van der Waals surface area contributed by atoms with Gasteiger partial charge in [0.25, 0.3) is 0 Å². The number of nitrogens with zero attached hydrogens (tertiary/aromatic N) is 1. The van der Waals surface area contributed by atoms with E-state index < -0.39 is 5.97 Å². The van der Waals surface area contributed by atoms with E-state index in [0.717, 1.165) is 0 Å². The Labute approximate surface area is 171 Å². The van der Waals surface area contributed by atoms with Crippen LogP contribution < -0.4 is 5.11 Å². The third-order valence-electron chi connectivity index (χ3n) is 4.37. The van der Waals surface area contributed by atoms with E-state index in [1.54, 1.807) is 12.1 Å². The fourth-order valence-corrected chi connectivity index (χ4v) is 2.74. The Kier molecular flexibility index (Phi) is 10.1. The normalized spacial score (nSPS) is 16.4. The number of rotatable bonds is 2. The van der Waals surface area contributed by atoms with Crippen molar-refractivity contribution in [3.8, 4) is 0 Å². The molecule has 1 aliphatic carbocycles. The average Bonchev–Trinajstić information content (AvgIpc) is 2.88. The van der Waals surface area contributed by atoms with Crippen molar-refractivity contribution >= 4 is 15.6 Å². The van der Waals surface area contributed by atoms with Crippen LogP contribution in [0.1, 0.15) is 43.7 Å². The van der Waals surface area contributed by atoms with Gasteiger partial charge >= 0.3 is 27.5 Å². The summed E-state index contributed by atoms with van der Waals surface area (Å²) in [4.78, 5) is 13.5. The molecule has 0 aliphatic heterocycles. The Hall–Kier alpha value is -1.22. The zero-order valence-electron chi connectivity index (χ0n) is 15.2. The maximum absolute atomic E-state index is 10.0. The van der Waals surface area contributed by atoms with Crippen LogP contribution in [-0.4, -0.2) is 11.0 Å². The van der Waals surface area contributed by atoms with E-state index >= 15 is 0 Å². The molecule has 0 bridgehead atoms. The van der Waals surface area contributed by atoms with Crippen molar-refractivity contribution < 1.29 is 27.8 Å². The van der Waals surface area contributed by atoms with Crippen LogP contribution in [0.15, 0.2) is 54.7 Å². The molecule has 1 aliphatic rings. The topological polar surface area (TPSA) is 53.0 Å². The maximum atomic E-state index is 10.0. The van der Waals surface area contributed by atoms with Gasteiger partial charge in [-0.15, -0.1) is 0 Å². The van der Waals surface area contributed by atoms with Gasteiger partial charge in [-0.05, 0) is 41.4 Å². The minimum atomic E-state index is -1.24. The molecule has 3 nitrogen and oxygen atoms in total. The zero-order valence-corrected chi connectivity index (χ0v) is 18.3. The molecule has 1 fully saturated rings. The van der Waals surface area contributed by atoms with E-state index in [-0.39, 0.29) is 5.69 Å². The predicted octanol–water partition coefficient (Wildman–Crippen LogP) is 4.13. The number of carbonyl (C=O) groups is 1. The van der Waals surface area contributed by atoms with Crippen molar-refractivity contribution in [1.82, 2.24) is 4.98 Å². The molecular formula is C21H21ClIrNO2+. The van der Waals surface area contributed by atoms with Crippen molar-refractivity contribution in [2.75, 3.05) is 0 Å².